The van der Waals surface area contributed by atoms with Crippen LogP contribution in [0.25, 0.3) is 32.9 Å². The van der Waals surface area contributed by atoms with E-state index in [1.807, 2.05) is 35.3 Å². The molecule has 196 valence electrons. The van der Waals surface area contributed by atoms with Crippen LogP contribution in [0.3, 0.4) is 0 Å². The number of rotatable bonds is 5. The van der Waals surface area contributed by atoms with Crippen LogP contribution >= 0.6 is 11.3 Å². The van der Waals surface area contributed by atoms with E-state index in [9.17, 15) is 9.59 Å². The fourth-order valence-corrected chi connectivity index (χ4v) is 7.77. The average molecular weight is 536 g/mol. The summed E-state index contributed by atoms with van der Waals surface area (Å²) in [5.41, 5.74) is 9.35. The third-order valence-corrected chi connectivity index (χ3v) is 9.66. The van der Waals surface area contributed by atoms with Gasteiger partial charge in [-0.2, -0.15) is 5.10 Å². The summed E-state index contributed by atoms with van der Waals surface area (Å²) in [5.74, 6) is 0.0392. The van der Waals surface area contributed by atoms with Crippen molar-refractivity contribution in [2.75, 3.05) is 19.6 Å². The predicted molar refractivity (Wildman–Crippen MR) is 154 cm³/mol. The highest BCUT2D eigenvalue weighted by Gasteiger charge is 2.35. The maximum absolute atomic E-state index is 13.4. The number of fused-ring (bicyclic) bond motifs is 10. The van der Waals surface area contributed by atoms with Crippen LogP contribution in [0.2, 0.25) is 0 Å². The van der Waals surface area contributed by atoms with Gasteiger partial charge in [-0.3, -0.25) is 14.3 Å². The second-order valence-corrected chi connectivity index (χ2v) is 12.0. The van der Waals surface area contributed by atoms with Crippen LogP contribution in [0.4, 0.5) is 0 Å². The van der Waals surface area contributed by atoms with Gasteiger partial charge in [0, 0.05) is 65.9 Å². The highest BCUT2D eigenvalue weighted by molar-refractivity contribution is 7.12. The van der Waals surface area contributed by atoms with E-state index in [0.717, 1.165) is 88.1 Å². The Morgan fingerprint density at radius 1 is 1.08 bits per heavy atom. The van der Waals surface area contributed by atoms with E-state index in [4.69, 9.17) is 5.10 Å². The number of carbonyl (C=O) groups is 2. The number of aryl methyl sites for hydroxylation is 3. The summed E-state index contributed by atoms with van der Waals surface area (Å²) in [6, 6.07) is 9.98. The zero-order chi connectivity index (χ0) is 26.2. The van der Waals surface area contributed by atoms with Gasteiger partial charge in [-0.1, -0.05) is 6.07 Å². The highest BCUT2D eigenvalue weighted by atomic mass is 32.1. The Morgan fingerprint density at radius 2 is 1.95 bits per heavy atom. The second-order valence-electron chi connectivity index (χ2n) is 11.0. The highest BCUT2D eigenvalue weighted by Crippen LogP contribution is 2.47. The molecule has 7 nitrogen and oxygen atoms in total. The molecule has 2 aliphatic heterocycles. The van der Waals surface area contributed by atoms with E-state index < -0.39 is 0 Å². The summed E-state index contributed by atoms with van der Waals surface area (Å²) in [6.07, 6.45) is 6.30. The molecule has 0 bridgehead atoms. The molecule has 5 heterocycles. The molecule has 0 radical (unpaired) electrons. The van der Waals surface area contributed by atoms with Crippen LogP contribution in [0.15, 0.2) is 41.9 Å². The zero-order valence-corrected chi connectivity index (χ0v) is 22.7. The summed E-state index contributed by atoms with van der Waals surface area (Å²) in [6.45, 7) is 4.69. The zero-order valence-electron chi connectivity index (χ0n) is 21.9. The number of nitrogens with zero attached hydrogens (tertiary/aromatic N) is 4. The third-order valence-electron chi connectivity index (χ3n) is 8.79. The number of hydrogen-bond donors (Lipinski definition) is 1. The lowest BCUT2D eigenvalue weighted by molar-refractivity contribution is 0.0965. The topological polar surface area (TPSA) is 72.2 Å². The summed E-state index contributed by atoms with van der Waals surface area (Å²) in [4.78, 5) is 30.0. The number of thiophene rings is 1. The van der Waals surface area contributed by atoms with Gasteiger partial charge in [0.05, 0.1) is 21.7 Å². The Kier molecular flexibility index (Phi) is 5.12. The lowest BCUT2D eigenvalue weighted by atomic mass is 9.82. The SMILES string of the molecule is Cn1cc2c(n1)CCc1c-2c2c(c3c4cc(C(=O)c5cccs5)ccc4n(CCN4CCCC4)c13)CNC2=O. The Hall–Kier alpha value is -3.75. The predicted octanol–water partition coefficient (Wildman–Crippen LogP) is 4.93. The standard InChI is InChI=1S/C31H29N5O2S/c1-34-17-22-23(33-34)8-7-19-26(22)28-21(16-32-31(28)38)27-20-15-18(30(37)25-5-4-14-39-25)6-9-24(20)36(29(19)27)13-12-35-10-2-3-11-35/h4-6,9,14-15,17H,2-3,7-8,10-13,16H2,1H3,(H,32,38). The van der Waals surface area contributed by atoms with Gasteiger partial charge in [-0.15, -0.1) is 11.3 Å². The molecule has 0 atom stereocenters. The first kappa shape index (κ1) is 23.2. The van der Waals surface area contributed by atoms with E-state index >= 15 is 0 Å². The molecule has 2 aromatic carbocycles. The molecule has 0 spiro atoms. The first-order chi connectivity index (χ1) is 19.1. The Labute approximate surface area is 230 Å². The first-order valence-corrected chi connectivity index (χ1v) is 14.7. The second kappa shape index (κ2) is 8.63. The van der Waals surface area contributed by atoms with Crippen LogP contribution < -0.4 is 5.32 Å². The van der Waals surface area contributed by atoms with E-state index in [0.29, 0.717) is 12.1 Å². The van der Waals surface area contributed by atoms with Crippen LogP contribution in [0.1, 0.15) is 55.3 Å². The Balaban J connectivity index is 1.43. The fourth-order valence-electron chi connectivity index (χ4n) is 7.09. The molecule has 39 heavy (non-hydrogen) atoms. The molecule has 1 aliphatic carbocycles. The molecular weight excluding hydrogens is 506 g/mol. The molecule has 1 amide bonds. The van der Waals surface area contributed by atoms with E-state index in [2.05, 4.69) is 33.1 Å². The van der Waals surface area contributed by atoms with E-state index in [1.165, 1.54) is 35.3 Å². The van der Waals surface area contributed by atoms with Crippen LogP contribution in [-0.2, 0) is 33.0 Å². The monoisotopic (exact) mass is 535 g/mol. The number of likely N-dealkylation sites (tertiary alicyclic amines) is 1. The van der Waals surface area contributed by atoms with Gasteiger partial charge in [0.15, 0.2) is 0 Å². The van der Waals surface area contributed by atoms with Crippen molar-refractivity contribution < 1.29 is 9.59 Å². The lowest BCUT2D eigenvalue weighted by Crippen LogP contribution is -2.24. The smallest absolute Gasteiger partial charge is 0.252 e. The molecule has 3 aromatic heterocycles. The number of nitrogens with one attached hydrogen (secondary N) is 1. The molecule has 5 aromatic rings. The van der Waals surface area contributed by atoms with Crippen LogP contribution in [0.5, 0.6) is 0 Å². The van der Waals surface area contributed by atoms with Gasteiger partial charge in [0.2, 0.25) is 5.78 Å². The lowest BCUT2D eigenvalue weighted by Gasteiger charge is -2.22. The van der Waals surface area contributed by atoms with Crippen molar-refractivity contribution in [2.45, 2.75) is 38.8 Å². The van der Waals surface area contributed by atoms with Crippen molar-refractivity contribution in [3.8, 4) is 11.1 Å². The minimum absolute atomic E-state index is 0.0105. The summed E-state index contributed by atoms with van der Waals surface area (Å²) < 4.78 is 4.35. The van der Waals surface area contributed by atoms with Crippen LogP contribution in [-0.4, -0.2) is 50.6 Å². The summed E-state index contributed by atoms with van der Waals surface area (Å²) >= 11 is 1.47. The maximum Gasteiger partial charge on any atom is 0.252 e. The molecular formula is C31H29N5O2S. The van der Waals surface area contributed by atoms with Gasteiger partial charge in [-0.25, -0.2) is 0 Å². The number of hydrogen-bond acceptors (Lipinski definition) is 5. The minimum atomic E-state index is -0.0105. The van der Waals surface area contributed by atoms with Crippen molar-refractivity contribution in [2.24, 2.45) is 7.05 Å². The minimum Gasteiger partial charge on any atom is -0.348 e. The number of benzene rings is 2. The van der Waals surface area contributed by atoms with Crippen molar-refractivity contribution in [1.29, 1.82) is 0 Å². The van der Waals surface area contributed by atoms with Crippen molar-refractivity contribution >= 4 is 44.8 Å². The number of carbonyl (C=O) groups excluding carboxylic acids is 2. The maximum atomic E-state index is 13.4. The molecule has 0 saturated carbocycles. The third kappa shape index (κ3) is 3.41. The molecule has 8 rings (SSSR count). The van der Waals surface area contributed by atoms with E-state index in [-0.39, 0.29) is 11.7 Å². The average Bonchev–Trinajstić information content (AvgIpc) is 3.77. The van der Waals surface area contributed by atoms with Crippen molar-refractivity contribution in [3.05, 3.63) is 74.7 Å². The van der Waals surface area contributed by atoms with Crippen LogP contribution in [0, 0.1) is 0 Å². The van der Waals surface area contributed by atoms with Gasteiger partial charge in [0.25, 0.3) is 5.91 Å². The largest absolute Gasteiger partial charge is 0.348 e. The molecule has 8 heteroatoms. The van der Waals surface area contributed by atoms with Gasteiger partial charge >= 0.3 is 0 Å². The Bertz CT molecular complexity index is 1820. The number of amides is 1. The summed E-state index contributed by atoms with van der Waals surface area (Å²) in [7, 11) is 1.95. The van der Waals surface area contributed by atoms with Crippen molar-refractivity contribution in [1.82, 2.24) is 24.6 Å². The molecule has 1 N–H and O–H groups in total. The van der Waals surface area contributed by atoms with Gasteiger partial charge in [-0.05, 0) is 79.5 Å². The molecule has 3 aliphatic rings. The fraction of sp³-hybridized carbons (Fsp3) is 0.323. The number of ketones is 1. The van der Waals surface area contributed by atoms with E-state index in [1.54, 1.807) is 0 Å². The van der Waals surface area contributed by atoms with Gasteiger partial charge in [0.1, 0.15) is 0 Å². The summed E-state index contributed by atoms with van der Waals surface area (Å²) in [5, 5.41) is 12.0. The first-order valence-electron chi connectivity index (χ1n) is 13.8. The molecule has 0 unspecified atom stereocenters. The Morgan fingerprint density at radius 3 is 2.77 bits per heavy atom. The quantitative estimate of drug-likeness (QED) is 0.324. The van der Waals surface area contributed by atoms with Gasteiger partial charge < -0.3 is 14.8 Å². The molecule has 1 fully saturated rings. The molecule has 1 saturated heterocycles. The normalized spacial score (nSPS) is 16.6. The number of aromatic nitrogens is 3. The van der Waals surface area contributed by atoms with Crippen molar-refractivity contribution in [3.63, 3.8) is 0 Å².